The third kappa shape index (κ3) is 5.10. The van der Waals surface area contributed by atoms with E-state index in [1.807, 2.05) is 0 Å². The van der Waals surface area contributed by atoms with E-state index < -0.39 is 8.32 Å². The molecule has 14 heavy (non-hydrogen) atoms. The minimum absolute atomic E-state index is 0.361. The topological polar surface area (TPSA) is 21.7 Å². The Morgan fingerprint density at radius 1 is 1.29 bits per heavy atom. The van der Waals surface area contributed by atoms with Gasteiger partial charge in [0, 0.05) is 19.6 Å². The number of hydrogen-bond donors (Lipinski definition) is 0. The molecule has 84 valence electrons. The second kappa shape index (κ2) is 5.26. The molecule has 0 bridgehead atoms. The highest BCUT2D eigenvalue weighted by molar-refractivity contribution is 6.69. The van der Waals surface area contributed by atoms with Crippen LogP contribution in [0, 0.1) is 0 Å². The first kappa shape index (κ1) is 12.2. The van der Waals surface area contributed by atoms with Crippen LogP contribution in [0.3, 0.4) is 0 Å². The molecule has 1 saturated heterocycles. The number of nitrogens with zero attached hydrogens (tertiary/aromatic N) is 1. The molecule has 0 aliphatic carbocycles. The monoisotopic (exact) mass is 217 g/mol. The average molecular weight is 217 g/mol. The molecule has 1 heterocycles. The fraction of sp³-hybridized carbons (Fsp3) is 1.00. The Bertz CT molecular complexity index is 164. The largest absolute Gasteiger partial charge is 0.414 e. The van der Waals surface area contributed by atoms with Gasteiger partial charge in [-0.05, 0) is 26.6 Å². The van der Waals surface area contributed by atoms with E-state index in [9.17, 15) is 0 Å². The Hall–Kier alpha value is 0.0969. The smallest absolute Gasteiger partial charge is 0.184 e. The van der Waals surface area contributed by atoms with E-state index in [-0.39, 0.29) is 0 Å². The van der Waals surface area contributed by atoms with E-state index in [0.29, 0.717) is 6.10 Å². The maximum absolute atomic E-state index is 6.00. The van der Waals surface area contributed by atoms with Crippen LogP contribution in [0.25, 0.3) is 0 Å². The van der Waals surface area contributed by atoms with Crippen molar-refractivity contribution < 1.29 is 9.16 Å². The summed E-state index contributed by atoms with van der Waals surface area (Å²) >= 11 is 0. The van der Waals surface area contributed by atoms with Crippen molar-refractivity contribution in [1.82, 2.24) is 4.90 Å². The Kier molecular flexibility index (Phi) is 4.57. The van der Waals surface area contributed by atoms with Crippen LogP contribution in [-0.4, -0.2) is 52.2 Å². The van der Waals surface area contributed by atoms with Gasteiger partial charge in [0.25, 0.3) is 0 Å². The summed E-state index contributed by atoms with van der Waals surface area (Å²) in [6, 6.07) is 0. The van der Waals surface area contributed by atoms with Gasteiger partial charge >= 0.3 is 0 Å². The molecule has 1 unspecified atom stereocenters. The van der Waals surface area contributed by atoms with Gasteiger partial charge in [-0.1, -0.05) is 0 Å². The highest BCUT2D eigenvalue weighted by atomic mass is 28.4. The summed E-state index contributed by atoms with van der Waals surface area (Å²) in [5, 5.41) is 0. The normalized spacial score (nSPS) is 22.3. The fourth-order valence-corrected chi connectivity index (χ4v) is 3.07. The van der Waals surface area contributed by atoms with Crippen LogP contribution in [0.5, 0.6) is 0 Å². The van der Waals surface area contributed by atoms with Gasteiger partial charge in [0.05, 0.1) is 19.3 Å². The average Bonchev–Trinajstić information content (AvgIpc) is 2.02. The van der Waals surface area contributed by atoms with Crippen LogP contribution in [0.1, 0.15) is 6.92 Å². The van der Waals surface area contributed by atoms with E-state index in [4.69, 9.17) is 9.16 Å². The highest BCUT2D eigenvalue weighted by Crippen LogP contribution is 2.09. The molecule has 1 aliphatic rings. The molecule has 3 nitrogen and oxygen atoms in total. The molecule has 0 radical (unpaired) electrons. The van der Waals surface area contributed by atoms with Crippen molar-refractivity contribution >= 4 is 8.32 Å². The maximum Gasteiger partial charge on any atom is 0.184 e. The predicted molar refractivity (Wildman–Crippen MR) is 61.2 cm³/mol. The van der Waals surface area contributed by atoms with E-state index in [2.05, 4.69) is 31.5 Å². The summed E-state index contributed by atoms with van der Waals surface area (Å²) in [5.74, 6) is 0. The van der Waals surface area contributed by atoms with Crippen molar-refractivity contribution in [3.05, 3.63) is 0 Å². The van der Waals surface area contributed by atoms with Gasteiger partial charge in [-0.15, -0.1) is 0 Å². The molecule has 1 fully saturated rings. The van der Waals surface area contributed by atoms with E-state index in [1.165, 1.54) is 0 Å². The minimum Gasteiger partial charge on any atom is -0.414 e. The third-order valence-corrected chi connectivity index (χ3v) is 3.28. The quantitative estimate of drug-likeness (QED) is 0.667. The van der Waals surface area contributed by atoms with Gasteiger partial charge < -0.3 is 9.16 Å². The summed E-state index contributed by atoms with van der Waals surface area (Å²) in [6.45, 7) is 13.8. The third-order valence-electron chi connectivity index (χ3n) is 2.17. The molecule has 0 aromatic carbocycles. The predicted octanol–water partition coefficient (Wildman–Crippen LogP) is 1.56. The van der Waals surface area contributed by atoms with Gasteiger partial charge in [0.1, 0.15) is 0 Å². The summed E-state index contributed by atoms with van der Waals surface area (Å²) in [7, 11) is -1.36. The molecule has 1 atom stereocenters. The Morgan fingerprint density at radius 2 is 1.86 bits per heavy atom. The minimum atomic E-state index is -1.36. The first-order valence-corrected chi connectivity index (χ1v) is 8.86. The molecular formula is C10H23NO2Si. The van der Waals surface area contributed by atoms with Crippen molar-refractivity contribution in [2.45, 2.75) is 32.7 Å². The Balaban J connectivity index is 2.21. The van der Waals surface area contributed by atoms with Gasteiger partial charge in [0.15, 0.2) is 8.32 Å². The van der Waals surface area contributed by atoms with Crippen LogP contribution < -0.4 is 0 Å². The fourth-order valence-electron chi connectivity index (χ4n) is 1.79. The first-order valence-electron chi connectivity index (χ1n) is 5.45. The molecule has 0 saturated carbocycles. The van der Waals surface area contributed by atoms with Crippen LogP contribution in [0.2, 0.25) is 19.6 Å². The second-order valence-corrected chi connectivity index (χ2v) is 9.41. The summed E-state index contributed by atoms with van der Waals surface area (Å²) in [6.07, 6.45) is 0.361. The first-order chi connectivity index (χ1) is 6.47. The van der Waals surface area contributed by atoms with Crippen molar-refractivity contribution in [2.75, 3.05) is 32.8 Å². The standard InChI is InChI=1S/C10H23NO2Si/c1-10(13-14(2,3)4)9-11-5-7-12-8-6-11/h10H,5-9H2,1-4H3. The Morgan fingerprint density at radius 3 is 2.36 bits per heavy atom. The van der Waals surface area contributed by atoms with E-state index in [1.54, 1.807) is 0 Å². The molecule has 0 N–H and O–H groups in total. The molecule has 0 amide bonds. The van der Waals surface area contributed by atoms with Crippen molar-refractivity contribution in [3.63, 3.8) is 0 Å². The van der Waals surface area contributed by atoms with Crippen LogP contribution in [0.15, 0.2) is 0 Å². The molecule has 1 aliphatic heterocycles. The summed E-state index contributed by atoms with van der Waals surface area (Å²) in [4.78, 5) is 2.42. The lowest BCUT2D eigenvalue weighted by Crippen LogP contribution is -2.43. The lowest BCUT2D eigenvalue weighted by molar-refractivity contribution is 0.0208. The lowest BCUT2D eigenvalue weighted by Gasteiger charge is -2.31. The van der Waals surface area contributed by atoms with E-state index >= 15 is 0 Å². The zero-order chi connectivity index (χ0) is 10.6. The van der Waals surface area contributed by atoms with Crippen molar-refractivity contribution in [3.8, 4) is 0 Å². The van der Waals surface area contributed by atoms with E-state index in [0.717, 1.165) is 32.8 Å². The number of ether oxygens (including phenoxy) is 1. The van der Waals surface area contributed by atoms with Crippen LogP contribution in [-0.2, 0) is 9.16 Å². The zero-order valence-corrected chi connectivity index (χ0v) is 10.9. The van der Waals surface area contributed by atoms with Gasteiger partial charge in [-0.3, -0.25) is 4.90 Å². The van der Waals surface area contributed by atoms with Crippen molar-refractivity contribution in [1.29, 1.82) is 0 Å². The van der Waals surface area contributed by atoms with Gasteiger partial charge in [-0.25, -0.2) is 0 Å². The molecule has 1 rings (SSSR count). The van der Waals surface area contributed by atoms with Gasteiger partial charge in [0.2, 0.25) is 0 Å². The summed E-state index contributed by atoms with van der Waals surface area (Å²) in [5.41, 5.74) is 0. The van der Waals surface area contributed by atoms with Crippen LogP contribution in [0.4, 0.5) is 0 Å². The molecular weight excluding hydrogens is 194 g/mol. The zero-order valence-electron chi connectivity index (χ0n) is 9.88. The number of rotatable bonds is 4. The Labute approximate surface area is 88.5 Å². The highest BCUT2D eigenvalue weighted by Gasteiger charge is 2.20. The SMILES string of the molecule is CC(CN1CCOCC1)O[Si](C)(C)C. The van der Waals surface area contributed by atoms with Crippen molar-refractivity contribution in [2.24, 2.45) is 0 Å². The number of hydrogen-bond acceptors (Lipinski definition) is 3. The maximum atomic E-state index is 6.00. The molecule has 0 spiro atoms. The molecule has 0 aromatic heterocycles. The van der Waals surface area contributed by atoms with Gasteiger partial charge in [-0.2, -0.15) is 0 Å². The summed E-state index contributed by atoms with van der Waals surface area (Å²) < 4.78 is 11.3. The lowest BCUT2D eigenvalue weighted by atomic mass is 10.3. The molecule has 0 aromatic rings. The number of morpholine rings is 1. The molecule has 4 heteroatoms. The second-order valence-electron chi connectivity index (χ2n) is 4.95. The van der Waals surface area contributed by atoms with Crippen LogP contribution >= 0.6 is 0 Å².